The molecule has 0 aliphatic rings. The standard InChI is InChI=1S/C12H14F3N5O/c13-8-6-9(16)10(7-11(8)21-12(14)15)17-2-1-4-20-5-3-18-19-20/h3,5-7,12,17H,1-2,4,16H2. The highest BCUT2D eigenvalue weighted by molar-refractivity contribution is 5.68. The van der Waals surface area contributed by atoms with Gasteiger partial charge in [0.05, 0.1) is 17.6 Å². The van der Waals surface area contributed by atoms with Gasteiger partial charge in [-0.15, -0.1) is 5.10 Å². The van der Waals surface area contributed by atoms with Gasteiger partial charge in [-0.25, -0.2) is 4.39 Å². The number of alkyl halides is 2. The molecule has 0 bridgehead atoms. The number of rotatable bonds is 7. The zero-order valence-corrected chi connectivity index (χ0v) is 11.0. The van der Waals surface area contributed by atoms with Crippen LogP contribution in [0.4, 0.5) is 24.5 Å². The third-order valence-electron chi connectivity index (χ3n) is 2.67. The molecule has 0 aliphatic carbocycles. The van der Waals surface area contributed by atoms with Crippen LogP contribution < -0.4 is 15.8 Å². The Morgan fingerprint density at radius 3 is 2.86 bits per heavy atom. The fourth-order valence-electron chi connectivity index (χ4n) is 1.72. The number of nitrogens with two attached hydrogens (primary N) is 1. The molecule has 0 atom stereocenters. The molecule has 0 saturated heterocycles. The maximum absolute atomic E-state index is 13.4. The van der Waals surface area contributed by atoms with Gasteiger partial charge in [0.1, 0.15) is 0 Å². The van der Waals surface area contributed by atoms with Gasteiger partial charge in [-0.1, -0.05) is 5.21 Å². The van der Waals surface area contributed by atoms with Crippen LogP contribution in [0.2, 0.25) is 0 Å². The Labute approximate surface area is 118 Å². The number of nitrogens with zero attached hydrogens (tertiary/aromatic N) is 3. The van der Waals surface area contributed by atoms with E-state index in [2.05, 4.69) is 20.4 Å². The molecule has 6 nitrogen and oxygen atoms in total. The van der Waals surface area contributed by atoms with Crippen molar-refractivity contribution in [3.05, 3.63) is 30.3 Å². The summed E-state index contributed by atoms with van der Waals surface area (Å²) in [5.74, 6) is -1.47. The molecule has 2 aromatic rings. The molecule has 1 aromatic carbocycles. The first-order valence-corrected chi connectivity index (χ1v) is 6.18. The molecule has 0 aliphatic heterocycles. The molecule has 1 heterocycles. The summed E-state index contributed by atoms with van der Waals surface area (Å²) in [4.78, 5) is 0. The Kier molecular flexibility index (Phi) is 4.85. The summed E-state index contributed by atoms with van der Waals surface area (Å²) in [6, 6.07) is 2.06. The van der Waals surface area contributed by atoms with E-state index in [0.29, 0.717) is 25.2 Å². The van der Waals surface area contributed by atoms with Gasteiger partial charge in [-0.2, -0.15) is 8.78 Å². The van der Waals surface area contributed by atoms with E-state index >= 15 is 0 Å². The monoisotopic (exact) mass is 301 g/mol. The lowest BCUT2D eigenvalue weighted by Crippen LogP contribution is -2.10. The van der Waals surface area contributed by atoms with Crippen LogP contribution in [-0.2, 0) is 6.54 Å². The number of nitrogen functional groups attached to an aromatic ring is 1. The second-order valence-corrected chi connectivity index (χ2v) is 4.19. The Balaban J connectivity index is 1.92. The molecule has 0 spiro atoms. The van der Waals surface area contributed by atoms with Crippen molar-refractivity contribution in [2.45, 2.75) is 19.6 Å². The van der Waals surface area contributed by atoms with Gasteiger partial charge < -0.3 is 15.8 Å². The molecule has 0 radical (unpaired) electrons. The SMILES string of the molecule is Nc1cc(F)c(OC(F)F)cc1NCCCn1ccnn1. The number of hydrogen-bond donors (Lipinski definition) is 2. The van der Waals surface area contributed by atoms with Gasteiger partial charge in [0.2, 0.25) is 0 Å². The van der Waals surface area contributed by atoms with Crippen molar-refractivity contribution in [1.82, 2.24) is 15.0 Å². The summed E-state index contributed by atoms with van der Waals surface area (Å²) in [5.41, 5.74) is 6.08. The maximum Gasteiger partial charge on any atom is 0.387 e. The predicted octanol–water partition coefficient (Wildman–Crippen LogP) is 2.10. The third-order valence-corrected chi connectivity index (χ3v) is 2.67. The summed E-state index contributed by atoms with van der Waals surface area (Å²) in [7, 11) is 0. The first kappa shape index (κ1) is 14.9. The van der Waals surface area contributed by atoms with Crippen LogP contribution in [0, 0.1) is 5.82 Å². The number of hydrogen-bond acceptors (Lipinski definition) is 5. The van der Waals surface area contributed by atoms with Gasteiger partial charge in [0, 0.05) is 31.4 Å². The van der Waals surface area contributed by atoms with Gasteiger partial charge in [-0.3, -0.25) is 4.68 Å². The van der Waals surface area contributed by atoms with Crippen molar-refractivity contribution in [2.24, 2.45) is 0 Å². The van der Waals surface area contributed by atoms with E-state index in [4.69, 9.17) is 5.73 Å². The van der Waals surface area contributed by atoms with E-state index in [1.807, 2.05) is 0 Å². The van der Waals surface area contributed by atoms with Crippen molar-refractivity contribution in [3.63, 3.8) is 0 Å². The minimum absolute atomic E-state index is 0.120. The lowest BCUT2D eigenvalue weighted by atomic mass is 10.2. The average Bonchev–Trinajstić information content (AvgIpc) is 2.92. The highest BCUT2D eigenvalue weighted by Crippen LogP contribution is 2.29. The van der Waals surface area contributed by atoms with Crippen LogP contribution in [0.5, 0.6) is 5.75 Å². The molecule has 1 aromatic heterocycles. The largest absolute Gasteiger partial charge is 0.432 e. The van der Waals surface area contributed by atoms with Crippen molar-refractivity contribution in [1.29, 1.82) is 0 Å². The number of halogens is 3. The number of anilines is 2. The van der Waals surface area contributed by atoms with Crippen molar-refractivity contribution in [3.8, 4) is 5.75 Å². The third kappa shape index (κ3) is 4.26. The Bertz CT molecular complexity index is 577. The lowest BCUT2D eigenvalue weighted by Gasteiger charge is -2.12. The second kappa shape index (κ2) is 6.82. The van der Waals surface area contributed by atoms with Crippen LogP contribution in [0.25, 0.3) is 0 Å². The number of nitrogens with one attached hydrogen (secondary N) is 1. The normalized spacial score (nSPS) is 10.9. The molecule has 0 saturated carbocycles. The summed E-state index contributed by atoms with van der Waals surface area (Å²) in [6.45, 7) is -1.96. The fraction of sp³-hybridized carbons (Fsp3) is 0.333. The Hall–Kier alpha value is -2.45. The van der Waals surface area contributed by atoms with Gasteiger partial charge in [0.15, 0.2) is 11.6 Å². The topological polar surface area (TPSA) is 78.0 Å². The molecule has 114 valence electrons. The molecule has 3 N–H and O–H groups in total. The van der Waals surface area contributed by atoms with Gasteiger partial charge in [0.25, 0.3) is 0 Å². The Morgan fingerprint density at radius 2 is 2.19 bits per heavy atom. The van der Waals surface area contributed by atoms with E-state index in [1.54, 1.807) is 17.1 Å². The minimum atomic E-state index is -3.09. The van der Waals surface area contributed by atoms with Crippen LogP contribution in [0.3, 0.4) is 0 Å². The van der Waals surface area contributed by atoms with Crippen molar-refractivity contribution in [2.75, 3.05) is 17.6 Å². The summed E-state index contributed by atoms with van der Waals surface area (Å²) >= 11 is 0. The highest BCUT2D eigenvalue weighted by Gasteiger charge is 2.13. The van der Waals surface area contributed by atoms with Gasteiger partial charge in [-0.05, 0) is 6.42 Å². The average molecular weight is 301 g/mol. The lowest BCUT2D eigenvalue weighted by molar-refractivity contribution is -0.0521. The molecule has 9 heteroatoms. The maximum atomic E-state index is 13.4. The number of benzene rings is 1. The van der Waals surface area contributed by atoms with Crippen LogP contribution in [-0.4, -0.2) is 28.2 Å². The van der Waals surface area contributed by atoms with Crippen LogP contribution in [0.1, 0.15) is 6.42 Å². The van der Waals surface area contributed by atoms with Crippen molar-refractivity contribution < 1.29 is 17.9 Å². The quantitative estimate of drug-likeness (QED) is 0.605. The molecular weight excluding hydrogens is 287 g/mol. The predicted molar refractivity (Wildman–Crippen MR) is 70.6 cm³/mol. The smallest absolute Gasteiger partial charge is 0.387 e. The summed E-state index contributed by atoms with van der Waals surface area (Å²) in [6.07, 6.45) is 3.99. The summed E-state index contributed by atoms with van der Waals surface area (Å²) < 4.78 is 43.4. The first-order chi connectivity index (χ1) is 10.1. The summed E-state index contributed by atoms with van der Waals surface area (Å²) in [5, 5.41) is 10.4. The van der Waals surface area contributed by atoms with E-state index in [1.165, 1.54) is 0 Å². The minimum Gasteiger partial charge on any atom is -0.432 e. The number of ether oxygens (including phenoxy) is 1. The number of aromatic nitrogens is 3. The molecular formula is C12H14F3N5O. The molecule has 0 fully saturated rings. The highest BCUT2D eigenvalue weighted by atomic mass is 19.3. The molecule has 2 rings (SSSR count). The Morgan fingerprint density at radius 1 is 1.38 bits per heavy atom. The van der Waals surface area contributed by atoms with Crippen LogP contribution >= 0.6 is 0 Å². The molecule has 0 unspecified atom stereocenters. The number of aryl methyl sites for hydroxylation is 1. The fourth-order valence-corrected chi connectivity index (χ4v) is 1.72. The van der Waals surface area contributed by atoms with Gasteiger partial charge >= 0.3 is 6.61 Å². The van der Waals surface area contributed by atoms with Crippen LogP contribution in [0.15, 0.2) is 24.5 Å². The second-order valence-electron chi connectivity index (χ2n) is 4.19. The van der Waals surface area contributed by atoms with E-state index in [-0.39, 0.29) is 5.69 Å². The zero-order valence-electron chi connectivity index (χ0n) is 11.0. The van der Waals surface area contributed by atoms with E-state index < -0.39 is 18.2 Å². The molecule has 0 amide bonds. The van der Waals surface area contributed by atoms with E-state index in [9.17, 15) is 13.2 Å². The van der Waals surface area contributed by atoms with Crippen molar-refractivity contribution >= 4 is 11.4 Å². The first-order valence-electron chi connectivity index (χ1n) is 6.18. The zero-order chi connectivity index (χ0) is 15.2. The molecule has 21 heavy (non-hydrogen) atoms. The van der Waals surface area contributed by atoms with E-state index in [0.717, 1.165) is 12.1 Å².